The number of nitrogens with one attached hydrogen (secondary N) is 1. The Bertz CT molecular complexity index is 607. The van der Waals surface area contributed by atoms with Crippen LogP contribution in [0, 0.1) is 0 Å². The number of amides is 2. The molecule has 0 spiro atoms. The van der Waals surface area contributed by atoms with Crippen molar-refractivity contribution < 1.29 is 19.0 Å². The second-order valence-corrected chi connectivity index (χ2v) is 6.81. The third-order valence-electron chi connectivity index (χ3n) is 5.41. The summed E-state index contributed by atoms with van der Waals surface area (Å²) >= 11 is 0. The van der Waals surface area contributed by atoms with Crippen LogP contribution in [0.1, 0.15) is 31.2 Å². The van der Waals surface area contributed by atoms with Crippen LogP contribution in [-0.2, 0) is 10.2 Å². The van der Waals surface area contributed by atoms with Gasteiger partial charge in [-0.1, -0.05) is 6.07 Å². The molecule has 0 aliphatic carbocycles. The lowest BCUT2D eigenvalue weighted by atomic mass is 9.74. The molecule has 0 saturated carbocycles. The number of benzene rings is 1. The molecule has 3 heterocycles. The van der Waals surface area contributed by atoms with Crippen LogP contribution >= 0.6 is 0 Å². The molecule has 130 valence electrons. The van der Waals surface area contributed by atoms with Crippen LogP contribution in [0.5, 0.6) is 11.5 Å². The minimum atomic E-state index is -0.103. The van der Waals surface area contributed by atoms with Gasteiger partial charge < -0.3 is 24.4 Å². The molecule has 24 heavy (non-hydrogen) atoms. The standard InChI is InChI=1S/C18H24N2O4/c21-17(20-7-1-2-8-20)19-12-18(5-9-22-10-6-18)14-3-4-15-16(11-14)24-13-23-15/h3-4,11H,1-2,5-10,12-13H2,(H,19,21). The zero-order chi connectivity index (χ0) is 16.4. The lowest BCUT2D eigenvalue weighted by molar-refractivity contribution is 0.0501. The average Bonchev–Trinajstić information content (AvgIpc) is 3.31. The lowest BCUT2D eigenvalue weighted by Gasteiger charge is -2.38. The van der Waals surface area contributed by atoms with Gasteiger partial charge in [0.05, 0.1) is 0 Å². The van der Waals surface area contributed by atoms with Gasteiger partial charge in [0.1, 0.15) is 0 Å². The van der Waals surface area contributed by atoms with Crippen LogP contribution in [0.15, 0.2) is 18.2 Å². The van der Waals surface area contributed by atoms with E-state index in [0.29, 0.717) is 19.8 Å². The molecule has 1 aromatic carbocycles. The van der Waals surface area contributed by atoms with Crippen LogP contribution in [0.2, 0.25) is 0 Å². The summed E-state index contributed by atoms with van der Waals surface area (Å²) in [5.41, 5.74) is 1.09. The maximum atomic E-state index is 12.4. The first kappa shape index (κ1) is 15.6. The number of ether oxygens (including phenoxy) is 3. The number of likely N-dealkylation sites (tertiary alicyclic amines) is 1. The van der Waals surface area contributed by atoms with Crippen LogP contribution in [0.3, 0.4) is 0 Å². The Kier molecular flexibility index (Phi) is 4.22. The van der Waals surface area contributed by atoms with Gasteiger partial charge in [-0.15, -0.1) is 0 Å². The largest absolute Gasteiger partial charge is 0.454 e. The normalized spacial score (nSPS) is 21.8. The number of carbonyl (C=O) groups excluding carboxylic acids is 1. The van der Waals surface area contributed by atoms with Crippen molar-refractivity contribution in [3.05, 3.63) is 23.8 Å². The van der Waals surface area contributed by atoms with E-state index in [0.717, 1.165) is 50.3 Å². The molecule has 0 unspecified atom stereocenters. The van der Waals surface area contributed by atoms with Crippen molar-refractivity contribution in [2.45, 2.75) is 31.1 Å². The second kappa shape index (κ2) is 6.51. The van der Waals surface area contributed by atoms with Crippen molar-refractivity contribution in [3.63, 3.8) is 0 Å². The van der Waals surface area contributed by atoms with Crippen LogP contribution in [0.4, 0.5) is 4.79 Å². The Morgan fingerprint density at radius 2 is 1.88 bits per heavy atom. The highest BCUT2D eigenvalue weighted by atomic mass is 16.7. The first-order chi connectivity index (χ1) is 11.8. The Balaban J connectivity index is 1.52. The molecular weight excluding hydrogens is 308 g/mol. The molecule has 1 aromatic rings. The van der Waals surface area contributed by atoms with Crippen molar-refractivity contribution in [2.24, 2.45) is 0 Å². The van der Waals surface area contributed by atoms with Gasteiger partial charge in [0.2, 0.25) is 6.79 Å². The number of fused-ring (bicyclic) bond motifs is 1. The minimum Gasteiger partial charge on any atom is -0.454 e. The number of carbonyl (C=O) groups is 1. The maximum absolute atomic E-state index is 12.4. The van der Waals surface area contributed by atoms with Crippen LogP contribution < -0.4 is 14.8 Å². The quantitative estimate of drug-likeness (QED) is 0.922. The van der Waals surface area contributed by atoms with Gasteiger partial charge in [-0.3, -0.25) is 0 Å². The predicted octanol–water partition coefficient (Wildman–Crippen LogP) is 2.27. The zero-order valence-corrected chi connectivity index (χ0v) is 13.9. The third-order valence-corrected chi connectivity index (χ3v) is 5.41. The summed E-state index contributed by atoms with van der Waals surface area (Å²) in [5, 5.41) is 3.16. The third kappa shape index (κ3) is 2.90. The first-order valence-corrected chi connectivity index (χ1v) is 8.78. The van der Waals surface area contributed by atoms with Crippen molar-refractivity contribution in [1.82, 2.24) is 10.2 Å². The average molecular weight is 332 g/mol. The Morgan fingerprint density at radius 1 is 1.12 bits per heavy atom. The molecule has 1 N–H and O–H groups in total. The fourth-order valence-corrected chi connectivity index (χ4v) is 3.83. The molecule has 2 fully saturated rings. The van der Waals surface area contributed by atoms with Gasteiger partial charge in [-0.25, -0.2) is 4.79 Å². The van der Waals surface area contributed by atoms with Gasteiger partial charge in [-0.2, -0.15) is 0 Å². The van der Waals surface area contributed by atoms with Gasteiger partial charge in [0, 0.05) is 38.3 Å². The van der Waals surface area contributed by atoms with Gasteiger partial charge in [-0.05, 0) is 43.4 Å². The Morgan fingerprint density at radius 3 is 2.67 bits per heavy atom. The Labute approximate surface area is 142 Å². The monoisotopic (exact) mass is 332 g/mol. The van der Waals surface area contributed by atoms with E-state index in [9.17, 15) is 4.79 Å². The van der Waals surface area contributed by atoms with E-state index in [1.54, 1.807) is 0 Å². The van der Waals surface area contributed by atoms with E-state index in [1.165, 1.54) is 5.56 Å². The van der Waals surface area contributed by atoms with Crippen molar-refractivity contribution in [3.8, 4) is 11.5 Å². The molecule has 0 aromatic heterocycles. The smallest absolute Gasteiger partial charge is 0.317 e. The number of urea groups is 1. The summed E-state index contributed by atoms with van der Waals surface area (Å²) in [6.45, 7) is 4.08. The number of rotatable bonds is 3. The van der Waals surface area contributed by atoms with Crippen molar-refractivity contribution >= 4 is 6.03 Å². The summed E-state index contributed by atoms with van der Waals surface area (Å²) in [6.07, 6.45) is 4.00. The van der Waals surface area contributed by atoms with Crippen molar-refractivity contribution in [1.29, 1.82) is 0 Å². The summed E-state index contributed by atoms with van der Waals surface area (Å²) in [5.74, 6) is 1.59. The number of hydrogen-bond acceptors (Lipinski definition) is 4. The van der Waals surface area contributed by atoms with E-state index in [1.807, 2.05) is 11.0 Å². The molecule has 6 heteroatoms. The highest BCUT2D eigenvalue weighted by Crippen LogP contribution is 2.40. The van der Waals surface area contributed by atoms with Gasteiger partial charge in [0.25, 0.3) is 0 Å². The number of nitrogens with zero attached hydrogens (tertiary/aromatic N) is 1. The molecule has 3 aliphatic heterocycles. The highest BCUT2D eigenvalue weighted by molar-refractivity contribution is 5.74. The summed E-state index contributed by atoms with van der Waals surface area (Å²) < 4.78 is 16.5. The molecular formula is C18H24N2O4. The SMILES string of the molecule is O=C(NCC1(c2ccc3c(c2)OCO3)CCOCC1)N1CCCC1. The van der Waals surface area contributed by atoms with E-state index in [4.69, 9.17) is 14.2 Å². The fourth-order valence-electron chi connectivity index (χ4n) is 3.83. The van der Waals surface area contributed by atoms with E-state index >= 15 is 0 Å². The summed E-state index contributed by atoms with van der Waals surface area (Å²) in [4.78, 5) is 14.3. The van der Waals surface area contributed by atoms with Crippen molar-refractivity contribution in [2.75, 3.05) is 39.6 Å². The van der Waals surface area contributed by atoms with Gasteiger partial charge >= 0.3 is 6.03 Å². The molecule has 3 aliphatic rings. The molecule has 0 atom stereocenters. The van der Waals surface area contributed by atoms with E-state index in [-0.39, 0.29) is 18.2 Å². The molecule has 6 nitrogen and oxygen atoms in total. The number of hydrogen-bond donors (Lipinski definition) is 1. The van der Waals surface area contributed by atoms with E-state index < -0.39 is 0 Å². The second-order valence-electron chi connectivity index (χ2n) is 6.81. The first-order valence-electron chi connectivity index (χ1n) is 8.78. The molecule has 0 bridgehead atoms. The highest BCUT2D eigenvalue weighted by Gasteiger charge is 2.36. The molecule has 4 rings (SSSR count). The van der Waals surface area contributed by atoms with Crippen LogP contribution in [-0.4, -0.2) is 50.6 Å². The maximum Gasteiger partial charge on any atom is 0.317 e. The summed E-state index contributed by atoms with van der Waals surface area (Å²) in [6, 6.07) is 6.19. The topological polar surface area (TPSA) is 60.0 Å². The summed E-state index contributed by atoms with van der Waals surface area (Å²) in [7, 11) is 0. The molecule has 2 amide bonds. The van der Waals surface area contributed by atoms with Crippen LogP contribution in [0.25, 0.3) is 0 Å². The zero-order valence-electron chi connectivity index (χ0n) is 13.9. The Hall–Kier alpha value is -1.95. The lowest BCUT2D eigenvalue weighted by Crippen LogP contribution is -2.48. The molecule has 0 radical (unpaired) electrons. The molecule has 2 saturated heterocycles. The van der Waals surface area contributed by atoms with Gasteiger partial charge in [0.15, 0.2) is 11.5 Å². The fraction of sp³-hybridized carbons (Fsp3) is 0.611. The van der Waals surface area contributed by atoms with E-state index in [2.05, 4.69) is 17.4 Å². The predicted molar refractivity (Wildman–Crippen MR) is 88.5 cm³/mol. The minimum absolute atomic E-state index is 0.0547.